The molecule has 84 valence electrons. The largest absolute Gasteiger partial charge is 0.384 e. The molecule has 0 saturated carbocycles. The van der Waals surface area contributed by atoms with Gasteiger partial charge in [-0.15, -0.1) is 0 Å². The predicted molar refractivity (Wildman–Crippen MR) is 54.5 cm³/mol. The number of benzene rings is 1. The van der Waals surface area contributed by atoms with E-state index in [4.69, 9.17) is 0 Å². The van der Waals surface area contributed by atoms with E-state index in [-0.39, 0.29) is 12.1 Å². The molecule has 0 spiro atoms. The van der Waals surface area contributed by atoms with Crippen molar-refractivity contribution < 1.29 is 13.9 Å². The van der Waals surface area contributed by atoms with Crippen LogP contribution in [0.2, 0.25) is 0 Å². The van der Waals surface area contributed by atoms with E-state index < -0.39 is 17.2 Å². The smallest absolute Gasteiger partial charge is 0.129 e. The van der Waals surface area contributed by atoms with Crippen molar-refractivity contribution in [2.45, 2.75) is 19.4 Å². The molecule has 0 radical (unpaired) electrons. The van der Waals surface area contributed by atoms with Crippen LogP contribution in [0.4, 0.5) is 8.78 Å². The fourth-order valence-corrected chi connectivity index (χ4v) is 1.37. The summed E-state index contributed by atoms with van der Waals surface area (Å²) in [5.74, 6) is -1.15. The van der Waals surface area contributed by atoms with Crippen molar-refractivity contribution in [1.29, 1.82) is 0 Å². The van der Waals surface area contributed by atoms with Crippen molar-refractivity contribution in [3.8, 4) is 0 Å². The molecule has 15 heavy (non-hydrogen) atoms. The number of halogens is 2. The highest BCUT2D eigenvalue weighted by Crippen LogP contribution is 2.23. The van der Waals surface area contributed by atoms with Crippen LogP contribution in [0.5, 0.6) is 0 Å². The van der Waals surface area contributed by atoms with Crippen LogP contribution >= 0.6 is 0 Å². The monoisotopic (exact) mass is 215 g/mol. The van der Waals surface area contributed by atoms with Gasteiger partial charge in [-0.3, -0.25) is 0 Å². The Morgan fingerprint density at radius 1 is 1.40 bits per heavy atom. The van der Waals surface area contributed by atoms with Crippen LogP contribution < -0.4 is 5.32 Å². The second-order valence-corrected chi connectivity index (χ2v) is 3.68. The Morgan fingerprint density at radius 2 is 2.07 bits per heavy atom. The van der Waals surface area contributed by atoms with Gasteiger partial charge in [0.25, 0.3) is 0 Å². The van der Waals surface area contributed by atoms with Gasteiger partial charge in [-0.2, -0.15) is 0 Å². The van der Waals surface area contributed by atoms with Crippen molar-refractivity contribution in [3.05, 3.63) is 35.4 Å². The standard InChI is InChI=1S/C11H15F2NO/c1-3-14-7-11(2,15)9-6-8(12)4-5-10(9)13/h4-6,14-15H,3,7H2,1-2H3. The molecule has 1 unspecified atom stereocenters. The molecular weight excluding hydrogens is 200 g/mol. The molecular formula is C11H15F2NO. The van der Waals surface area contributed by atoms with Crippen molar-refractivity contribution in [3.63, 3.8) is 0 Å². The van der Waals surface area contributed by atoms with Crippen LogP contribution in [-0.4, -0.2) is 18.2 Å². The minimum absolute atomic E-state index is 0.0246. The second-order valence-electron chi connectivity index (χ2n) is 3.68. The van der Waals surface area contributed by atoms with E-state index in [2.05, 4.69) is 5.32 Å². The first-order valence-corrected chi connectivity index (χ1v) is 4.86. The lowest BCUT2D eigenvalue weighted by atomic mass is 9.95. The topological polar surface area (TPSA) is 32.3 Å². The molecule has 4 heteroatoms. The molecule has 0 fully saturated rings. The van der Waals surface area contributed by atoms with E-state index in [1.54, 1.807) is 0 Å². The number of rotatable bonds is 4. The zero-order chi connectivity index (χ0) is 11.5. The molecule has 0 aliphatic carbocycles. The highest BCUT2D eigenvalue weighted by atomic mass is 19.1. The van der Waals surface area contributed by atoms with E-state index in [0.717, 1.165) is 18.2 Å². The number of hydrogen-bond acceptors (Lipinski definition) is 2. The zero-order valence-electron chi connectivity index (χ0n) is 8.85. The Morgan fingerprint density at radius 3 is 2.67 bits per heavy atom. The van der Waals surface area contributed by atoms with Crippen molar-refractivity contribution in [2.75, 3.05) is 13.1 Å². The molecule has 0 amide bonds. The van der Waals surface area contributed by atoms with Gasteiger partial charge < -0.3 is 10.4 Å². The minimum Gasteiger partial charge on any atom is -0.384 e. The van der Waals surface area contributed by atoms with Crippen molar-refractivity contribution in [2.24, 2.45) is 0 Å². The van der Waals surface area contributed by atoms with Crippen LogP contribution in [-0.2, 0) is 5.60 Å². The summed E-state index contributed by atoms with van der Waals surface area (Å²) in [4.78, 5) is 0. The number of likely N-dealkylation sites (N-methyl/N-ethyl adjacent to an activating group) is 1. The summed E-state index contributed by atoms with van der Waals surface area (Å²) in [6, 6.07) is 3.07. The number of aliphatic hydroxyl groups is 1. The quantitative estimate of drug-likeness (QED) is 0.802. The Bertz CT molecular complexity index is 339. The maximum Gasteiger partial charge on any atom is 0.129 e. The second kappa shape index (κ2) is 4.68. The summed E-state index contributed by atoms with van der Waals surface area (Å²) in [5.41, 5.74) is -1.43. The van der Waals surface area contributed by atoms with E-state index in [0.29, 0.717) is 6.54 Å². The summed E-state index contributed by atoms with van der Waals surface area (Å²) in [7, 11) is 0. The first-order chi connectivity index (χ1) is 6.97. The van der Waals surface area contributed by atoms with Crippen LogP contribution in [0.15, 0.2) is 18.2 Å². The van der Waals surface area contributed by atoms with E-state index >= 15 is 0 Å². The molecule has 1 aromatic rings. The zero-order valence-corrected chi connectivity index (χ0v) is 8.85. The maximum absolute atomic E-state index is 13.3. The molecule has 1 aromatic carbocycles. The van der Waals surface area contributed by atoms with E-state index in [9.17, 15) is 13.9 Å². The highest BCUT2D eigenvalue weighted by Gasteiger charge is 2.26. The molecule has 2 nitrogen and oxygen atoms in total. The van der Waals surface area contributed by atoms with Crippen LogP contribution in [0.25, 0.3) is 0 Å². The Kier molecular flexibility index (Phi) is 3.77. The molecule has 0 aromatic heterocycles. The van der Waals surface area contributed by atoms with E-state index in [1.165, 1.54) is 6.92 Å². The lowest BCUT2D eigenvalue weighted by Crippen LogP contribution is -2.36. The Balaban J connectivity index is 2.97. The van der Waals surface area contributed by atoms with Crippen LogP contribution in [0.1, 0.15) is 19.4 Å². The average molecular weight is 215 g/mol. The van der Waals surface area contributed by atoms with E-state index in [1.807, 2.05) is 6.92 Å². The first-order valence-electron chi connectivity index (χ1n) is 4.86. The average Bonchev–Trinajstić information content (AvgIpc) is 2.18. The van der Waals surface area contributed by atoms with Gasteiger partial charge in [0.05, 0.1) is 0 Å². The SMILES string of the molecule is CCNCC(C)(O)c1cc(F)ccc1F. The Hall–Kier alpha value is -1.00. The third-order valence-electron chi connectivity index (χ3n) is 2.23. The third kappa shape index (κ3) is 2.97. The van der Waals surface area contributed by atoms with Crippen molar-refractivity contribution >= 4 is 0 Å². The molecule has 0 heterocycles. The van der Waals surface area contributed by atoms with Gasteiger partial charge in [-0.1, -0.05) is 6.92 Å². The van der Waals surface area contributed by atoms with Crippen LogP contribution in [0, 0.1) is 11.6 Å². The lowest BCUT2D eigenvalue weighted by Gasteiger charge is -2.24. The normalized spacial score (nSPS) is 15.0. The molecule has 1 rings (SSSR count). The summed E-state index contributed by atoms with van der Waals surface area (Å²) in [6.07, 6.45) is 0. The number of hydrogen-bond donors (Lipinski definition) is 2. The summed E-state index contributed by atoms with van der Waals surface area (Å²) < 4.78 is 26.2. The van der Waals surface area contributed by atoms with Gasteiger partial charge in [0.1, 0.15) is 17.2 Å². The molecule has 0 aliphatic heterocycles. The summed E-state index contributed by atoms with van der Waals surface area (Å²) in [6.45, 7) is 4.17. The fourth-order valence-electron chi connectivity index (χ4n) is 1.37. The van der Waals surface area contributed by atoms with Crippen LogP contribution in [0.3, 0.4) is 0 Å². The molecule has 0 aliphatic rings. The lowest BCUT2D eigenvalue weighted by molar-refractivity contribution is 0.0535. The fraction of sp³-hybridized carbons (Fsp3) is 0.455. The summed E-state index contributed by atoms with van der Waals surface area (Å²) in [5, 5.41) is 12.8. The molecule has 0 saturated heterocycles. The minimum atomic E-state index is -1.40. The van der Waals surface area contributed by atoms with Gasteiger partial charge in [0.15, 0.2) is 0 Å². The maximum atomic E-state index is 13.3. The summed E-state index contributed by atoms with van der Waals surface area (Å²) >= 11 is 0. The molecule has 0 bridgehead atoms. The van der Waals surface area contributed by atoms with Crippen molar-refractivity contribution in [1.82, 2.24) is 5.32 Å². The third-order valence-corrected chi connectivity index (χ3v) is 2.23. The van der Waals surface area contributed by atoms with Gasteiger partial charge in [-0.25, -0.2) is 8.78 Å². The van der Waals surface area contributed by atoms with Gasteiger partial charge in [0.2, 0.25) is 0 Å². The van der Waals surface area contributed by atoms with Gasteiger partial charge in [-0.05, 0) is 31.7 Å². The Labute approximate surface area is 87.9 Å². The predicted octanol–water partition coefficient (Wildman–Crippen LogP) is 1.78. The first kappa shape index (κ1) is 12.1. The number of nitrogens with one attached hydrogen (secondary N) is 1. The molecule has 1 atom stereocenters. The highest BCUT2D eigenvalue weighted by molar-refractivity contribution is 5.25. The molecule has 2 N–H and O–H groups in total. The van der Waals surface area contributed by atoms with Gasteiger partial charge >= 0.3 is 0 Å². The van der Waals surface area contributed by atoms with Gasteiger partial charge in [0, 0.05) is 12.1 Å².